The van der Waals surface area contributed by atoms with E-state index in [0.29, 0.717) is 24.6 Å². The summed E-state index contributed by atoms with van der Waals surface area (Å²) in [7, 11) is 3.25. The summed E-state index contributed by atoms with van der Waals surface area (Å²) >= 11 is 0. The maximum Gasteiger partial charge on any atom is 0.318 e. The fourth-order valence-electron chi connectivity index (χ4n) is 4.77. The molecule has 0 radical (unpaired) electrons. The molecule has 0 unspecified atom stereocenters. The van der Waals surface area contributed by atoms with Gasteiger partial charge < -0.3 is 24.3 Å². The van der Waals surface area contributed by atoms with Crippen LogP contribution < -0.4 is 14.8 Å². The summed E-state index contributed by atoms with van der Waals surface area (Å²) in [5, 5.41) is 3.16. The normalized spacial score (nSPS) is 14.5. The van der Waals surface area contributed by atoms with E-state index in [2.05, 4.69) is 46.4 Å². The lowest BCUT2D eigenvalue weighted by atomic mass is 10.0. The fourth-order valence-corrected chi connectivity index (χ4v) is 4.77. The second kappa shape index (κ2) is 9.97. The molecule has 0 bridgehead atoms. The van der Waals surface area contributed by atoms with Gasteiger partial charge in [0.2, 0.25) is 0 Å². The van der Waals surface area contributed by atoms with Gasteiger partial charge in [0.25, 0.3) is 0 Å². The van der Waals surface area contributed by atoms with Crippen LogP contribution in [0.1, 0.15) is 28.4 Å². The Hall–Kier alpha value is -4.19. The Morgan fingerprint density at radius 3 is 2.49 bits per heavy atom. The zero-order valence-electron chi connectivity index (χ0n) is 20.0. The van der Waals surface area contributed by atoms with E-state index >= 15 is 0 Å². The van der Waals surface area contributed by atoms with Gasteiger partial charge in [-0.3, -0.25) is 0 Å². The van der Waals surface area contributed by atoms with E-state index in [9.17, 15) is 4.79 Å². The number of hydrogen-bond donors (Lipinski definition) is 1. The molecule has 0 saturated carbocycles. The molecule has 2 heterocycles. The van der Waals surface area contributed by atoms with E-state index in [1.807, 2.05) is 59.5 Å². The first-order valence-corrected chi connectivity index (χ1v) is 11.8. The van der Waals surface area contributed by atoms with Crippen molar-refractivity contribution in [3.63, 3.8) is 0 Å². The standard InChI is InChI=1S/C29H29N3O3/c1-34-26-15-14-22(19-27(26)35-2)28-25-13-8-18-31(25)24-12-7-6-11-23(24)20-32(28)29(33)30-17-16-21-9-4-3-5-10-21/h3-15,18-19,28H,16-17,20H2,1-2H3,(H,30,33)/t28-/m1/s1. The average molecular weight is 468 g/mol. The Morgan fingerprint density at radius 2 is 1.69 bits per heavy atom. The number of rotatable bonds is 6. The maximum atomic E-state index is 13.7. The number of nitrogens with zero attached hydrogens (tertiary/aromatic N) is 2. The highest BCUT2D eigenvalue weighted by molar-refractivity contribution is 5.76. The van der Waals surface area contributed by atoms with Crippen LogP contribution >= 0.6 is 0 Å². The molecule has 1 aliphatic rings. The predicted molar refractivity (Wildman–Crippen MR) is 136 cm³/mol. The van der Waals surface area contributed by atoms with Gasteiger partial charge in [0, 0.05) is 18.4 Å². The smallest absolute Gasteiger partial charge is 0.318 e. The molecule has 0 aliphatic carbocycles. The number of hydrogen-bond acceptors (Lipinski definition) is 3. The molecule has 5 rings (SSSR count). The SMILES string of the molecule is COc1ccc([C@@H]2c3cccn3-c3ccccc3CN2C(=O)NCCc2ccccc2)cc1OC. The number of benzene rings is 3. The highest BCUT2D eigenvalue weighted by atomic mass is 16.5. The first-order chi connectivity index (χ1) is 17.2. The molecule has 1 N–H and O–H groups in total. The Bertz CT molecular complexity index is 1320. The number of nitrogens with one attached hydrogen (secondary N) is 1. The number of ether oxygens (including phenoxy) is 2. The van der Waals surface area contributed by atoms with E-state index in [0.717, 1.165) is 28.9 Å². The monoisotopic (exact) mass is 467 g/mol. The van der Waals surface area contributed by atoms with E-state index in [1.54, 1.807) is 14.2 Å². The quantitative estimate of drug-likeness (QED) is 0.416. The van der Waals surface area contributed by atoms with E-state index in [4.69, 9.17) is 9.47 Å². The molecule has 0 saturated heterocycles. The Kier molecular flexibility index (Phi) is 6.44. The fraction of sp³-hybridized carbons (Fsp3) is 0.207. The lowest BCUT2D eigenvalue weighted by molar-refractivity contribution is 0.180. The van der Waals surface area contributed by atoms with Crippen LogP contribution in [0.15, 0.2) is 91.1 Å². The van der Waals surface area contributed by atoms with Crippen LogP contribution in [0, 0.1) is 0 Å². The number of amides is 2. The van der Waals surface area contributed by atoms with Gasteiger partial charge in [-0.05, 0) is 53.4 Å². The number of fused-ring (bicyclic) bond motifs is 3. The zero-order valence-corrected chi connectivity index (χ0v) is 20.0. The molecule has 178 valence electrons. The summed E-state index contributed by atoms with van der Waals surface area (Å²) in [6, 6.07) is 28.0. The molecule has 1 aromatic heterocycles. The van der Waals surface area contributed by atoms with Gasteiger partial charge in [0.05, 0.1) is 32.5 Å². The van der Waals surface area contributed by atoms with E-state index in [1.165, 1.54) is 5.56 Å². The minimum absolute atomic E-state index is 0.106. The van der Waals surface area contributed by atoms with Crippen LogP contribution in [0.5, 0.6) is 11.5 Å². The molecule has 35 heavy (non-hydrogen) atoms. The number of aromatic nitrogens is 1. The summed E-state index contributed by atoms with van der Waals surface area (Å²) in [6.45, 7) is 1.04. The Labute approximate surface area is 205 Å². The van der Waals surface area contributed by atoms with Gasteiger partial charge in [0.1, 0.15) is 0 Å². The average Bonchev–Trinajstić information content (AvgIpc) is 3.33. The van der Waals surface area contributed by atoms with Gasteiger partial charge in [0.15, 0.2) is 11.5 Å². The van der Waals surface area contributed by atoms with Crippen LogP contribution in [0.25, 0.3) is 5.69 Å². The van der Waals surface area contributed by atoms with Crippen molar-refractivity contribution in [3.8, 4) is 17.2 Å². The topological polar surface area (TPSA) is 55.7 Å². The van der Waals surface area contributed by atoms with Crippen LogP contribution in [0.3, 0.4) is 0 Å². The number of methoxy groups -OCH3 is 2. The molecule has 6 heteroatoms. The van der Waals surface area contributed by atoms with Crippen molar-refractivity contribution in [1.29, 1.82) is 0 Å². The molecule has 1 aliphatic heterocycles. The third-order valence-electron chi connectivity index (χ3n) is 6.48. The van der Waals surface area contributed by atoms with Crippen molar-refractivity contribution in [1.82, 2.24) is 14.8 Å². The Morgan fingerprint density at radius 1 is 0.914 bits per heavy atom. The molecule has 0 spiro atoms. The van der Waals surface area contributed by atoms with Gasteiger partial charge in [-0.25, -0.2) is 4.79 Å². The molecular formula is C29H29N3O3. The van der Waals surface area contributed by atoms with Gasteiger partial charge in [-0.2, -0.15) is 0 Å². The number of carbonyl (C=O) groups is 1. The Balaban J connectivity index is 1.53. The summed E-state index contributed by atoms with van der Waals surface area (Å²) in [4.78, 5) is 15.6. The second-order valence-electron chi connectivity index (χ2n) is 8.54. The van der Waals surface area contributed by atoms with Crippen LogP contribution in [0.2, 0.25) is 0 Å². The van der Waals surface area contributed by atoms with Crippen LogP contribution in [0.4, 0.5) is 4.79 Å². The van der Waals surface area contributed by atoms with Gasteiger partial charge >= 0.3 is 6.03 Å². The van der Waals surface area contributed by atoms with Crippen LogP contribution in [-0.4, -0.2) is 36.3 Å². The van der Waals surface area contributed by atoms with Crippen molar-refractivity contribution in [3.05, 3.63) is 114 Å². The second-order valence-corrected chi connectivity index (χ2v) is 8.54. The minimum Gasteiger partial charge on any atom is -0.493 e. The van der Waals surface area contributed by atoms with Gasteiger partial charge in [-0.15, -0.1) is 0 Å². The van der Waals surface area contributed by atoms with Crippen molar-refractivity contribution in [2.24, 2.45) is 0 Å². The largest absolute Gasteiger partial charge is 0.493 e. The molecular weight excluding hydrogens is 438 g/mol. The lowest BCUT2D eigenvalue weighted by Crippen LogP contribution is -2.42. The predicted octanol–water partition coefficient (Wildman–Crippen LogP) is 5.35. The molecule has 1 atom stereocenters. The van der Waals surface area contributed by atoms with E-state index in [-0.39, 0.29) is 12.1 Å². The van der Waals surface area contributed by atoms with Crippen molar-refractivity contribution in [2.45, 2.75) is 19.0 Å². The highest BCUT2D eigenvalue weighted by Crippen LogP contribution is 2.39. The van der Waals surface area contributed by atoms with Gasteiger partial charge in [-0.1, -0.05) is 54.6 Å². The number of para-hydroxylation sites is 1. The summed E-state index contributed by atoms with van der Waals surface area (Å²) < 4.78 is 13.2. The third-order valence-corrected chi connectivity index (χ3v) is 6.48. The molecule has 2 amide bonds. The summed E-state index contributed by atoms with van der Waals surface area (Å²) in [5.41, 5.74) is 5.33. The molecule has 0 fully saturated rings. The maximum absolute atomic E-state index is 13.7. The lowest BCUT2D eigenvalue weighted by Gasteiger charge is -2.31. The first-order valence-electron chi connectivity index (χ1n) is 11.8. The van der Waals surface area contributed by atoms with Crippen molar-refractivity contribution >= 4 is 6.03 Å². The minimum atomic E-state index is -0.311. The van der Waals surface area contributed by atoms with Crippen molar-refractivity contribution in [2.75, 3.05) is 20.8 Å². The summed E-state index contributed by atoms with van der Waals surface area (Å²) in [5.74, 6) is 1.29. The molecule has 3 aromatic carbocycles. The van der Waals surface area contributed by atoms with E-state index < -0.39 is 0 Å². The molecule has 4 aromatic rings. The first kappa shape index (κ1) is 22.6. The highest BCUT2D eigenvalue weighted by Gasteiger charge is 2.33. The number of carbonyl (C=O) groups excluding carboxylic acids is 1. The summed E-state index contributed by atoms with van der Waals surface area (Å²) in [6.07, 6.45) is 2.83. The van der Waals surface area contributed by atoms with Crippen LogP contribution in [-0.2, 0) is 13.0 Å². The van der Waals surface area contributed by atoms with Crippen molar-refractivity contribution < 1.29 is 14.3 Å². The zero-order chi connectivity index (χ0) is 24.2. The third kappa shape index (κ3) is 4.47. The number of urea groups is 1. The molecule has 6 nitrogen and oxygen atoms in total.